The van der Waals surface area contributed by atoms with Crippen LogP contribution < -0.4 is 33.4 Å². The number of halogens is 4. The molecule has 5 aromatic rings. The van der Waals surface area contributed by atoms with Gasteiger partial charge < -0.3 is 40.8 Å². The van der Waals surface area contributed by atoms with Crippen molar-refractivity contribution in [3.8, 4) is 0 Å². The Morgan fingerprint density at radius 1 is 0.671 bits per heavy atom. The molecule has 8 rings (SSSR count). The third-order valence-corrected chi connectivity index (χ3v) is 13.5. The average molecular weight is 1170 g/mol. The van der Waals surface area contributed by atoms with Gasteiger partial charge in [0.25, 0.3) is 11.8 Å². The fraction of sp³-hybridized carbons (Fsp3) is 0.409. The number of hydrogen-bond donors (Lipinski definition) is 5. The van der Waals surface area contributed by atoms with E-state index in [1.807, 2.05) is 22.6 Å². The number of aliphatic hydroxyl groups is 2. The number of ether oxygens (including phenoxy) is 3. The summed E-state index contributed by atoms with van der Waals surface area (Å²) in [6.07, 6.45) is -7.38. The van der Waals surface area contributed by atoms with E-state index in [9.17, 15) is 47.4 Å². The van der Waals surface area contributed by atoms with E-state index in [0.717, 1.165) is 19.9 Å². The Morgan fingerprint density at radius 3 is 1.46 bits per heavy atom. The summed E-state index contributed by atoms with van der Waals surface area (Å²) >= 11 is 1.95. The molecule has 400 valence electrons. The Kier molecular flexibility index (Phi) is 18.6. The van der Waals surface area contributed by atoms with Crippen molar-refractivity contribution in [2.24, 2.45) is 27.2 Å². The Labute approximate surface area is 439 Å². The summed E-state index contributed by atoms with van der Waals surface area (Å²) in [7, 11) is 0. The number of aliphatic hydroxyl groups excluding tert-OH is 2. The second kappa shape index (κ2) is 24.6. The van der Waals surface area contributed by atoms with Crippen molar-refractivity contribution in [1.82, 2.24) is 28.7 Å². The first-order valence-corrected chi connectivity index (χ1v) is 24.1. The number of nitrogen functional groups attached to an aromatic ring is 1. The average Bonchev–Trinajstić information content (AvgIpc) is 3.92. The van der Waals surface area contributed by atoms with Gasteiger partial charge in [0.2, 0.25) is 5.72 Å². The van der Waals surface area contributed by atoms with Crippen molar-refractivity contribution in [3.63, 3.8) is 0 Å². The number of benzene rings is 2. The highest BCUT2D eigenvalue weighted by Gasteiger charge is 2.57. The van der Waals surface area contributed by atoms with E-state index in [-0.39, 0.29) is 28.3 Å². The third kappa shape index (κ3) is 11.9. The Balaban J connectivity index is 0.000000188. The lowest BCUT2D eigenvalue weighted by Gasteiger charge is -2.25. The molecule has 3 aliphatic heterocycles. The van der Waals surface area contributed by atoms with Crippen LogP contribution in [0.25, 0.3) is 31.3 Å². The highest BCUT2D eigenvalue weighted by molar-refractivity contribution is 14.1. The number of hydrogen-bond acceptors (Lipinski definition) is 17. The molecule has 32 heteroatoms. The van der Waals surface area contributed by atoms with Gasteiger partial charge in [-0.25, -0.2) is 27.6 Å². The van der Waals surface area contributed by atoms with Crippen LogP contribution in [0, 0.1) is 11.8 Å². The van der Waals surface area contributed by atoms with E-state index in [0.29, 0.717) is 11.1 Å². The standard InChI is InChI=1S/C18H19FN6O3.C17H16FIN6O3.C9H11FN6O4/c1-3-18(23-24-20)11(2)14(19)16(28-18)25-10-9-13(22-17(25)27)21-15(26)12-7-5-4-6-8-12;1-10-13(18)15(28-17(10,9-19)23-24-20)25-8-7-12(22-16(25)27)21-14(26)11-5-3-2-4-6-11;10-5-6(18)9(3-17,14-15-12)20-7(5)16-2-1-4(11)13-8(16)19/h4-11,14,16H,3H2,1-2H3,(H,21,22,26,27);2-8,10,13,15H,9H2,1H3,(H,21,22,26,27);1-2,5-7,17-18H,3H2,(H2,11,13,19)/t11-,14+,16+,18+;10-,13+,15+,17+;5-,6+,7-,9-/m001/s1. The first kappa shape index (κ1) is 57.4. The number of anilines is 3. The SMILES string of the molecule is CC[C@@]1(N=[N+]=[N-])O[C@@H](n2ccc(NC(=O)c3ccccc3)nc2=O)[C@H](F)[C@@H]1C.C[C@H]1[C@@H](F)[C@H](n2ccc(NC(=O)c3ccccc3)nc2=O)O[C@@]1(CI)N=[N+]=[N-].[N-]=[N+]=N[C@]1(CO)O[C@@H](n2ccc(N)nc2=O)[C@H](F)[C@@H]1O. The quantitative estimate of drug-likeness (QED) is 0.0301. The van der Waals surface area contributed by atoms with Crippen LogP contribution in [0.3, 0.4) is 0 Å². The first-order valence-electron chi connectivity index (χ1n) is 22.5. The Morgan fingerprint density at radius 2 is 1.05 bits per heavy atom. The van der Waals surface area contributed by atoms with Crippen molar-refractivity contribution in [1.29, 1.82) is 0 Å². The molecule has 12 atom stereocenters. The minimum Gasteiger partial charge on any atom is -0.393 e. The molecule has 3 aromatic heterocycles. The number of nitrogens with two attached hydrogens (primary N) is 1. The van der Waals surface area contributed by atoms with Crippen LogP contribution >= 0.6 is 22.6 Å². The summed E-state index contributed by atoms with van der Waals surface area (Å²) in [5, 5.41) is 34.3. The molecule has 3 aliphatic rings. The van der Waals surface area contributed by atoms with Crippen LogP contribution in [0.2, 0.25) is 0 Å². The zero-order valence-electron chi connectivity index (χ0n) is 40.0. The zero-order valence-corrected chi connectivity index (χ0v) is 42.2. The van der Waals surface area contributed by atoms with Crippen LogP contribution in [0.4, 0.5) is 30.6 Å². The monoisotopic (exact) mass is 1170 g/mol. The normalized spacial score (nSPS) is 28.1. The van der Waals surface area contributed by atoms with Crippen LogP contribution in [0.5, 0.6) is 0 Å². The van der Waals surface area contributed by atoms with Gasteiger partial charge in [0.1, 0.15) is 23.6 Å². The predicted octanol–water partition coefficient (Wildman–Crippen LogP) is 5.91. The van der Waals surface area contributed by atoms with Gasteiger partial charge in [-0.3, -0.25) is 23.3 Å². The molecule has 6 N–H and O–H groups in total. The number of amides is 2. The molecule has 2 amide bonds. The molecule has 0 spiro atoms. The van der Waals surface area contributed by atoms with Gasteiger partial charge in [-0.05, 0) is 65.5 Å². The summed E-state index contributed by atoms with van der Waals surface area (Å²) in [5.41, 5.74) is 24.6. The van der Waals surface area contributed by atoms with Crippen molar-refractivity contribution >= 4 is 51.9 Å². The van der Waals surface area contributed by atoms with Crippen LogP contribution in [-0.4, -0.2) is 104 Å². The highest BCUT2D eigenvalue weighted by atomic mass is 127. The number of nitrogens with zero attached hydrogens (tertiary/aromatic N) is 15. The molecule has 3 fully saturated rings. The number of nitrogens with one attached hydrogen (secondary N) is 2. The Hall–Kier alpha value is -7.93. The maximum atomic E-state index is 14.8. The number of rotatable bonds is 13. The van der Waals surface area contributed by atoms with Gasteiger partial charge in [0.15, 0.2) is 48.6 Å². The van der Waals surface area contributed by atoms with E-state index >= 15 is 0 Å². The van der Waals surface area contributed by atoms with Crippen LogP contribution in [0.15, 0.2) is 127 Å². The fourth-order valence-corrected chi connectivity index (χ4v) is 9.05. The van der Waals surface area contributed by atoms with Gasteiger partial charge >= 0.3 is 17.1 Å². The molecule has 0 radical (unpaired) electrons. The lowest BCUT2D eigenvalue weighted by atomic mass is 9.94. The smallest absolute Gasteiger partial charge is 0.351 e. The third-order valence-electron chi connectivity index (χ3n) is 12.4. The molecule has 2 aromatic carbocycles. The van der Waals surface area contributed by atoms with E-state index in [1.54, 1.807) is 81.4 Å². The van der Waals surface area contributed by atoms with Crippen molar-refractivity contribution < 1.29 is 47.2 Å². The number of azide groups is 3. The largest absolute Gasteiger partial charge is 0.393 e. The lowest BCUT2D eigenvalue weighted by Crippen LogP contribution is -2.43. The number of carbonyl (C=O) groups excluding carboxylic acids is 2. The molecule has 3 saturated heterocycles. The lowest BCUT2D eigenvalue weighted by molar-refractivity contribution is -0.124. The zero-order chi connectivity index (χ0) is 55.5. The van der Waals surface area contributed by atoms with E-state index < -0.39 is 108 Å². The second-order valence-electron chi connectivity index (χ2n) is 16.8. The molecule has 0 unspecified atom stereocenters. The van der Waals surface area contributed by atoms with Crippen molar-refractivity contribution in [2.45, 2.75) is 87.7 Å². The summed E-state index contributed by atoms with van der Waals surface area (Å²) in [6, 6.07) is 20.9. The van der Waals surface area contributed by atoms with Crippen molar-refractivity contribution in [2.75, 3.05) is 27.4 Å². The van der Waals surface area contributed by atoms with Gasteiger partial charge in [-0.15, -0.1) is 0 Å². The highest BCUT2D eigenvalue weighted by Crippen LogP contribution is 2.47. The number of carbonyl (C=O) groups is 2. The van der Waals surface area contributed by atoms with Crippen LogP contribution in [-0.2, 0) is 14.2 Å². The molecule has 76 heavy (non-hydrogen) atoms. The maximum Gasteiger partial charge on any atom is 0.351 e. The van der Waals surface area contributed by atoms with Gasteiger partial charge in [-0.1, -0.05) is 95.1 Å². The molecule has 28 nitrogen and oxygen atoms in total. The second-order valence-corrected chi connectivity index (χ2v) is 17.6. The predicted molar refractivity (Wildman–Crippen MR) is 270 cm³/mol. The molecule has 6 heterocycles. The van der Waals surface area contributed by atoms with Crippen LogP contribution in [0.1, 0.15) is 66.6 Å². The van der Waals surface area contributed by atoms with Crippen molar-refractivity contribution in [3.05, 3.63) is 171 Å². The van der Waals surface area contributed by atoms with Gasteiger partial charge in [0, 0.05) is 60.7 Å². The van der Waals surface area contributed by atoms with Gasteiger partial charge in [-0.2, -0.15) is 15.0 Å². The number of alkyl halides is 4. The number of aromatic nitrogens is 6. The molecular weight excluding hydrogens is 1120 g/mol. The summed E-state index contributed by atoms with van der Waals surface area (Å²) in [4.78, 5) is 79.6. The van der Waals surface area contributed by atoms with E-state index in [1.165, 1.54) is 30.6 Å². The van der Waals surface area contributed by atoms with Gasteiger partial charge in [0.05, 0.1) is 6.61 Å². The fourth-order valence-electron chi connectivity index (χ4n) is 8.02. The maximum absolute atomic E-state index is 14.8. The van der Waals surface area contributed by atoms with E-state index in [4.69, 9.17) is 36.5 Å². The molecule has 0 bridgehead atoms. The minimum absolute atomic E-state index is 0.0340. The summed E-state index contributed by atoms with van der Waals surface area (Å²) < 4.78 is 63.0. The van der Waals surface area contributed by atoms with E-state index in [2.05, 4.69) is 55.7 Å². The molecular formula is C44H46F3IN18O10. The first-order chi connectivity index (χ1) is 36.3. The minimum atomic E-state index is -2.19. The molecule has 0 saturated carbocycles. The summed E-state index contributed by atoms with van der Waals surface area (Å²) in [6.45, 7) is 3.89. The summed E-state index contributed by atoms with van der Waals surface area (Å²) in [5.74, 6) is -2.35. The molecule has 0 aliphatic carbocycles. The topological polar surface area (TPSA) is 403 Å². The Bertz CT molecular complexity index is 3080.